The number of piperidine rings is 1. The van der Waals surface area contributed by atoms with Crippen LogP contribution in [0, 0.1) is 0 Å². The summed E-state index contributed by atoms with van der Waals surface area (Å²) < 4.78 is 0.919. The molecule has 1 fully saturated rings. The molecule has 1 atom stereocenters. The highest BCUT2D eigenvalue weighted by Crippen LogP contribution is 2.31. The van der Waals surface area contributed by atoms with Crippen molar-refractivity contribution >= 4 is 27.9 Å². The van der Waals surface area contributed by atoms with Gasteiger partial charge in [0.2, 0.25) is 0 Å². The maximum Gasteiger partial charge on any atom is 0.150 e. The fourth-order valence-corrected chi connectivity index (χ4v) is 2.96. The number of hydrogen-bond acceptors (Lipinski definition) is 3. The average Bonchev–Trinajstić information content (AvgIpc) is 2.38. The number of carbonyl (C=O) groups is 1. The van der Waals surface area contributed by atoms with Crippen LogP contribution in [0.25, 0.3) is 0 Å². The Bertz CT molecular complexity index is 408. The quantitative estimate of drug-likeness (QED) is 0.872. The van der Waals surface area contributed by atoms with Gasteiger partial charge in [-0.05, 0) is 53.4 Å². The highest BCUT2D eigenvalue weighted by atomic mass is 79.9. The number of aldehydes is 1. The summed E-state index contributed by atoms with van der Waals surface area (Å²) in [7, 11) is 0. The summed E-state index contributed by atoms with van der Waals surface area (Å²) in [5.41, 5.74) is 1.73. The number of nitrogens with zero attached hydrogens (tertiary/aromatic N) is 1. The SMILES string of the molecule is O=Cc1ccc(N2CCCCC2CO)c(Br)c1. The van der Waals surface area contributed by atoms with Crippen LogP contribution in [0.15, 0.2) is 22.7 Å². The number of aliphatic hydroxyl groups is 1. The smallest absolute Gasteiger partial charge is 0.150 e. The van der Waals surface area contributed by atoms with E-state index in [1.54, 1.807) is 0 Å². The molecule has 0 saturated carbocycles. The summed E-state index contributed by atoms with van der Waals surface area (Å²) >= 11 is 3.50. The van der Waals surface area contributed by atoms with Crippen LogP contribution in [0.2, 0.25) is 0 Å². The third-order valence-corrected chi connectivity index (χ3v) is 3.89. The van der Waals surface area contributed by atoms with Crippen LogP contribution < -0.4 is 4.90 Å². The predicted molar refractivity (Wildman–Crippen MR) is 71.6 cm³/mol. The number of anilines is 1. The van der Waals surface area contributed by atoms with Crippen molar-refractivity contribution in [1.82, 2.24) is 0 Å². The minimum Gasteiger partial charge on any atom is -0.394 e. The minimum atomic E-state index is 0.182. The van der Waals surface area contributed by atoms with E-state index in [1.165, 1.54) is 6.42 Å². The van der Waals surface area contributed by atoms with Crippen molar-refractivity contribution in [3.63, 3.8) is 0 Å². The molecule has 92 valence electrons. The van der Waals surface area contributed by atoms with Crippen molar-refractivity contribution in [3.8, 4) is 0 Å². The van der Waals surface area contributed by atoms with Crippen LogP contribution in [0.4, 0.5) is 5.69 Å². The summed E-state index contributed by atoms with van der Waals surface area (Å²) in [6.07, 6.45) is 4.19. The van der Waals surface area contributed by atoms with Crippen LogP contribution >= 0.6 is 15.9 Å². The minimum absolute atomic E-state index is 0.182. The summed E-state index contributed by atoms with van der Waals surface area (Å²) in [4.78, 5) is 12.9. The van der Waals surface area contributed by atoms with E-state index in [1.807, 2.05) is 18.2 Å². The topological polar surface area (TPSA) is 40.5 Å². The maximum absolute atomic E-state index is 10.7. The van der Waals surface area contributed by atoms with Crippen LogP contribution in [-0.2, 0) is 0 Å². The van der Waals surface area contributed by atoms with E-state index in [2.05, 4.69) is 20.8 Å². The van der Waals surface area contributed by atoms with Gasteiger partial charge in [0.1, 0.15) is 6.29 Å². The first-order valence-electron chi connectivity index (χ1n) is 5.88. The van der Waals surface area contributed by atoms with Crippen molar-refractivity contribution in [2.75, 3.05) is 18.1 Å². The van der Waals surface area contributed by atoms with E-state index >= 15 is 0 Å². The van der Waals surface area contributed by atoms with Crippen LogP contribution in [0.1, 0.15) is 29.6 Å². The molecule has 2 rings (SSSR count). The van der Waals surface area contributed by atoms with Crippen molar-refractivity contribution < 1.29 is 9.90 Å². The maximum atomic E-state index is 10.7. The third-order valence-electron chi connectivity index (χ3n) is 3.26. The van der Waals surface area contributed by atoms with Gasteiger partial charge in [-0.3, -0.25) is 4.79 Å². The molecule has 0 amide bonds. The zero-order valence-electron chi connectivity index (χ0n) is 9.60. The Morgan fingerprint density at radius 1 is 1.47 bits per heavy atom. The van der Waals surface area contributed by atoms with E-state index in [0.717, 1.165) is 35.8 Å². The average molecular weight is 298 g/mol. The molecule has 0 aliphatic carbocycles. The van der Waals surface area contributed by atoms with Gasteiger partial charge in [0.15, 0.2) is 0 Å². The number of aliphatic hydroxyl groups excluding tert-OH is 1. The zero-order chi connectivity index (χ0) is 12.3. The molecule has 1 N–H and O–H groups in total. The number of benzene rings is 1. The van der Waals surface area contributed by atoms with Gasteiger partial charge in [-0.25, -0.2) is 0 Å². The molecule has 1 aromatic rings. The lowest BCUT2D eigenvalue weighted by atomic mass is 10.0. The molecule has 1 unspecified atom stereocenters. The van der Waals surface area contributed by atoms with Crippen LogP contribution in [0.3, 0.4) is 0 Å². The molecule has 1 heterocycles. The second kappa shape index (κ2) is 5.65. The normalized spacial score (nSPS) is 20.4. The van der Waals surface area contributed by atoms with Gasteiger partial charge >= 0.3 is 0 Å². The molecular weight excluding hydrogens is 282 g/mol. The van der Waals surface area contributed by atoms with Gasteiger partial charge in [0.05, 0.1) is 18.3 Å². The standard InChI is InChI=1S/C13H16BrNO2/c14-12-7-10(8-16)4-5-13(12)15-6-2-1-3-11(15)9-17/h4-5,7-8,11,17H,1-3,6,9H2. The monoisotopic (exact) mass is 297 g/mol. The highest BCUT2D eigenvalue weighted by Gasteiger charge is 2.23. The van der Waals surface area contributed by atoms with Crippen LogP contribution in [0.5, 0.6) is 0 Å². The molecule has 1 aromatic carbocycles. The third kappa shape index (κ3) is 2.69. The predicted octanol–water partition coefficient (Wildman–Crippen LogP) is 2.61. The molecular formula is C13H16BrNO2. The van der Waals surface area contributed by atoms with Crippen molar-refractivity contribution in [2.45, 2.75) is 25.3 Å². The van der Waals surface area contributed by atoms with E-state index in [4.69, 9.17) is 0 Å². The van der Waals surface area contributed by atoms with Gasteiger partial charge in [0.25, 0.3) is 0 Å². The van der Waals surface area contributed by atoms with E-state index in [0.29, 0.717) is 5.56 Å². The summed E-state index contributed by atoms with van der Waals surface area (Å²) in [5.74, 6) is 0. The van der Waals surface area contributed by atoms with E-state index in [-0.39, 0.29) is 12.6 Å². The van der Waals surface area contributed by atoms with Crippen molar-refractivity contribution in [1.29, 1.82) is 0 Å². The highest BCUT2D eigenvalue weighted by molar-refractivity contribution is 9.10. The van der Waals surface area contributed by atoms with Gasteiger partial charge in [-0.15, -0.1) is 0 Å². The van der Waals surface area contributed by atoms with Gasteiger partial charge in [0, 0.05) is 16.6 Å². The Hall–Kier alpha value is -0.870. The van der Waals surface area contributed by atoms with E-state index in [9.17, 15) is 9.90 Å². The zero-order valence-corrected chi connectivity index (χ0v) is 11.2. The molecule has 17 heavy (non-hydrogen) atoms. The Morgan fingerprint density at radius 2 is 2.29 bits per heavy atom. The Balaban J connectivity index is 2.28. The van der Waals surface area contributed by atoms with Crippen LogP contribution in [-0.4, -0.2) is 30.6 Å². The molecule has 3 nitrogen and oxygen atoms in total. The lowest BCUT2D eigenvalue weighted by Gasteiger charge is -2.37. The second-order valence-corrected chi connectivity index (χ2v) is 5.21. The largest absolute Gasteiger partial charge is 0.394 e. The molecule has 0 aromatic heterocycles. The molecule has 4 heteroatoms. The first-order valence-corrected chi connectivity index (χ1v) is 6.68. The number of halogens is 1. The van der Waals surface area contributed by atoms with Crippen molar-refractivity contribution in [3.05, 3.63) is 28.2 Å². The van der Waals surface area contributed by atoms with Gasteiger partial charge in [-0.1, -0.05) is 0 Å². The fraction of sp³-hybridized carbons (Fsp3) is 0.462. The second-order valence-electron chi connectivity index (χ2n) is 4.35. The molecule has 1 saturated heterocycles. The first kappa shape index (κ1) is 12.6. The molecule has 0 bridgehead atoms. The van der Waals surface area contributed by atoms with Crippen molar-refractivity contribution in [2.24, 2.45) is 0 Å². The summed E-state index contributed by atoms with van der Waals surface area (Å²) in [5, 5.41) is 9.40. The van der Waals surface area contributed by atoms with Gasteiger partial charge in [-0.2, -0.15) is 0 Å². The van der Waals surface area contributed by atoms with E-state index < -0.39 is 0 Å². The lowest BCUT2D eigenvalue weighted by molar-refractivity contribution is 0.112. The fourth-order valence-electron chi connectivity index (χ4n) is 2.34. The number of hydrogen-bond donors (Lipinski definition) is 1. The number of rotatable bonds is 3. The Labute approximate surface area is 110 Å². The lowest BCUT2D eigenvalue weighted by Crippen LogP contribution is -2.42. The summed E-state index contributed by atoms with van der Waals surface area (Å²) in [6, 6.07) is 5.78. The first-order chi connectivity index (χ1) is 8.26. The molecule has 1 aliphatic heterocycles. The molecule has 0 spiro atoms. The Morgan fingerprint density at radius 3 is 2.94 bits per heavy atom. The summed E-state index contributed by atoms with van der Waals surface area (Å²) in [6.45, 7) is 1.14. The molecule has 0 radical (unpaired) electrons. The molecule has 1 aliphatic rings. The number of carbonyl (C=O) groups excluding carboxylic acids is 1. The Kier molecular flexibility index (Phi) is 4.18. The van der Waals surface area contributed by atoms with Gasteiger partial charge < -0.3 is 10.0 Å².